The highest BCUT2D eigenvalue weighted by Gasteiger charge is 2.36. The summed E-state index contributed by atoms with van der Waals surface area (Å²) >= 11 is 0. The third-order valence-electron chi connectivity index (χ3n) is 5.27. The monoisotopic (exact) mass is 295 g/mol. The minimum atomic E-state index is 0.0439. The minimum absolute atomic E-state index is 0.0439. The predicted molar refractivity (Wildman–Crippen MR) is 87.5 cm³/mol. The topological polar surface area (TPSA) is 44.4 Å². The highest BCUT2D eigenvalue weighted by atomic mass is 16.2. The molecule has 0 bridgehead atoms. The minimum Gasteiger partial charge on any atom is -0.338 e. The molecule has 0 radical (unpaired) electrons. The summed E-state index contributed by atoms with van der Waals surface area (Å²) in [5, 5.41) is 6.32. The van der Waals surface area contributed by atoms with Gasteiger partial charge in [-0.15, -0.1) is 0 Å². The molecule has 4 nitrogen and oxygen atoms in total. The van der Waals surface area contributed by atoms with Crippen LogP contribution in [0.2, 0.25) is 0 Å². The second kappa shape index (κ2) is 8.62. The molecule has 2 saturated heterocycles. The number of rotatable bonds is 7. The molecule has 3 atom stereocenters. The Morgan fingerprint density at radius 1 is 1.24 bits per heavy atom. The molecule has 0 aliphatic carbocycles. The largest absolute Gasteiger partial charge is 0.338 e. The molecule has 2 aliphatic rings. The van der Waals surface area contributed by atoms with Gasteiger partial charge in [0.1, 0.15) is 0 Å². The molecule has 2 N–H and O–H groups in total. The van der Waals surface area contributed by atoms with E-state index in [1.807, 2.05) is 0 Å². The van der Waals surface area contributed by atoms with Crippen LogP contribution in [-0.4, -0.2) is 42.6 Å². The highest BCUT2D eigenvalue weighted by molar-refractivity contribution is 5.74. The first kappa shape index (κ1) is 16.6. The third kappa shape index (κ3) is 4.87. The molecular weight excluding hydrogens is 262 g/mol. The Bertz CT molecular complexity index is 321. The van der Waals surface area contributed by atoms with Crippen molar-refractivity contribution in [1.29, 1.82) is 0 Å². The maximum atomic E-state index is 12.1. The summed E-state index contributed by atoms with van der Waals surface area (Å²) in [5.74, 6) is 0.630. The van der Waals surface area contributed by atoms with Crippen LogP contribution in [0, 0.1) is 5.92 Å². The lowest BCUT2D eigenvalue weighted by Gasteiger charge is -2.32. The molecule has 2 heterocycles. The van der Waals surface area contributed by atoms with Crippen LogP contribution in [0.5, 0.6) is 0 Å². The van der Waals surface area contributed by atoms with Gasteiger partial charge < -0.3 is 10.6 Å². The Labute approximate surface area is 130 Å². The lowest BCUT2D eigenvalue weighted by molar-refractivity contribution is 0.178. The van der Waals surface area contributed by atoms with Gasteiger partial charge in [-0.2, -0.15) is 0 Å². The van der Waals surface area contributed by atoms with Gasteiger partial charge in [0.15, 0.2) is 0 Å². The van der Waals surface area contributed by atoms with E-state index in [1.54, 1.807) is 0 Å². The number of hydrogen-bond donors (Lipinski definition) is 2. The summed E-state index contributed by atoms with van der Waals surface area (Å²) in [4.78, 5) is 14.7. The zero-order chi connectivity index (χ0) is 15.1. The SMILES string of the molecule is CCCCC(CC)CNC(=O)NC1CCN2CCCCC12. The number of nitrogens with zero attached hydrogens (tertiary/aromatic N) is 1. The van der Waals surface area contributed by atoms with E-state index in [0.29, 0.717) is 18.0 Å². The van der Waals surface area contributed by atoms with Crippen molar-refractivity contribution in [3.8, 4) is 0 Å². The number of unbranched alkanes of at least 4 members (excludes halogenated alkanes) is 1. The van der Waals surface area contributed by atoms with Crippen molar-refractivity contribution < 1.29 is 4.79 Å². The van der Waals surface area contributed by atoms with Crippen LogP contribution in [0.4, 0.5) is 4.79 Å². The molecular formula is C17H33N3O. The van der Waals surface area contributed by atoms with Crippen molar-refractivity contribution in [2.24, 2.45) is 5.92 Å². The van der Waals surface area contributed by atoms with Crippen molar-refractivity contribution in [1.82, 2.24) is 15.5 Å². The zero-order valence-corrected chi connectivity index (χ0v) is 13.9. The van der Waals surface area contributed by atoms with E-state index < -0.39 is 0 Å². The van der Waals surface area contributed by atoms with Crippen LogP contribution in [0.15, 0.2) is 0 Å². The number of carbonyl (C=O) groups is 1. The fraction of sp³-hybridized carbons (Fsp3) is 0.941. The van der Waals surface area contributed by atoms with Crippen LogP contribution in [0.1, 0.15) is 65.2 Å². The molecule has 2 aliphatic heterocycles. The molecule has 0 aromatic carbocycles. The maximum absolute atomic E-state index is 12.1. The standard InChI is InChI=1S/C17H33N3O/c1-3-5-8-14(4-2)13-18-17(21)19-15-10-12-20-11-7-6-9-16(15)20/h14-16H,3-13H2,1-2H3,(H2,18,19,21). The number of fused-ring (bicyclic) bond motifs is 1. The van der Waals surface area contributed by atoms with Crippen LogP contribution >= 0.6 is 0 Å². The summed E-state index contributed by atoms with van der Waals surface area (Å²) in [5.41, 5.74) is 0. The van der Waals surface area contributed by atoms with Gasteiger partial charge in [-0.3, -0.25) is 4.90 Å². The molecule has 0 spiro atoms. The zero-order valence-electron chi connectivity index (χ0n) is 13.9. The highest BCUT2D eigenvalue weighted by Crippen LogP contribution is 2.27. The van der Waals surface area contributed by atoms with Crippen molar-refractivity contribution in [2.45, 2.75) is 77.3 Å². The Morgan fingerprint density at radius 2 is 2.10 bits per heavy atom. The Hall–Kier alpha value is -0.770. The van der Waals surface area contributed by atoms with Crippen LogP contribution in [0.3, 0.4) is 0 Å². The first-order chi connectivity index (χ1) is 10.2. The summed E-state index contributed by atoms with van der Waals surface area (Å²) in [6.07, 6.45) is 9.89. The van der Waals surface area contributed by atoms with Gasteiger partial charge in [0.05, 0.1) is 0 Å². The number of amides is 2. The molecule has 122 valence electrons. The molecule has 0 aromatic heterocycles. The van der Waals surface area contributed by atoms with Gasteiger partial charge in [-0.1, -0.05) is 39.5 Å². The molecule has 0 aromatic rings. The molecule has 0 saturated carbocycles. The summed E-state index contributed by atoms with van der Waals surface area (Å²) in [7, 11) is 0. The molecule has 21 heavy (non-hydrogen) atoms. The normalized spacial score (nSPS) is 27.1. The Balaban J connectivity index is 1.69. The first-order valence-electron chi connectivity index (χ1n) is 9.03. The first-order valence-corrected chi connectivity index (χ1v) is 9.03. The molecule has 2 fully saturated rings. The van der Waals surface area contributed by atoms with E-state index in [0.717, 1.165) is 25.9 Å². The van der Waals surface area contributed by atoms with Gasteiger partial charge in [0, 0.05) is 25.2 Å². The van der Waals surface area contributed by atoms with Crippen LogP contribution < -0.4 is 10.6 Å². The maximum Gasteiger partial charge on any atom is 0.315 e. The Morgan fingerprint density at radius 3 is 2.86 bits per heavy atom. The van der Waals surface area contributed by atoms with Crippen molar-refractivity contribution in [3.63, 3.8) is 0 Å². The van der Waals surface area contributed by atoms with Crippen LogP contribution in [-0.2, 0) is 0 Å². The van der Waals surface area contributed by atoms with Gasteiger partial charge in [-0.05, 0) is 38.1 Å². The summed E-state index contributed by atoms with van der Waals surface area (Å²) in [6, 6.07) is 0.995. The number of hydrogen-bond acceptors (Lipinski definition) is 2. The second-order valence-electron chi connectivity index (χ2n) is 6.77. The lowest BCUT2D eigenvalue weighted by atomic mass is 9.99. The molecule has 4 heteroatoms. The van der Waals surface area contributed by atoms with Gasteiger partial charge >= 0.3 is 6.03 Å². The number of carbonyl (C=O) groups excluding carboxylic acids is 1. The number of piperidine rings is 1. The Kier molecular flexibility index (Phi) is 6.81. The average Bonchev–Trinajstić information content (AvgIpc) is 2.91. The van der Waals surface area contributed by atoms with E-state index in [2.05, 4.69) is 29.4 Å². The molecule has 2 rings (SSSR count). The number of nitrogens with one attached hydrogen (secondary N) is 2. The summed E-state index contributed by atoms with van der Waals surface area (Å²) in [6.45, 7) is 7.65. The fourth-order valence-electron chi connectivity index (χ4n) is 3.82. The van der Waals surface area contributed by atoms with E-state index in [9.17, 15) is 4.79 Å². The smallest absolute Gasteiger partial charge is 0.315 e. The molecule has 2 amide bonds. The number of urea groups is 1. The van der Waals surface area contributed by atoms with Crippen molar-refractivity contribution >= 4 is 6.03 Å². The summed E-state index contributed by atoms with van der Waals surface area (Å²) < 4.78 is 0. The van der Waals surface area contributed by atoms with E-state index in [4.69, 9.17) is 0 Å². The van der Waals surface area contributed by atoms with Crippen LogP contribution in [0.25, 0.3) is 0 Å². The third-order valence-corrected chi connectivity index (χ3v) is 5.27. The van der Waals surface area contributed by atoms with Gasteiger partial charge in [-0.25, -0.2) is 4.79 Å². The predicted octanol–water partition coefficient (Wildman–Crippen LogP) is 3.13. The second-order valence-corrected chi connectivity index (χ2v) is 6.77. The quantitative estimate of drug-likeness (QED) is 0.758. The van der Waals surface area contributed by atoms with Gasteiger partial charge in [0.2, 0.25) is 0 Å². The average molecular weight is 295 g/mol. The van der Waals surface area contributed by atoms with E-state index in [-0.39, 0.29) is 6.03 Å². The van der Waals surface area contributed by atoms with Gasteiger partial charge in [0.25, 0.3) is 0 Å². The molecule has 3 unspecified atom stereocenters. The van der Waals surface area contributed by atoms with Crippen molar-refractivity contribution in [2.75, 3.05) is 19.6 Å². The fourth-order valence-corrected chi connectivity index (χ4v) is 3.82. The van der Waals surface area contributed by atoms with E-state index in [1.165, 1.54) is 45.1 Å². The lowest BCUT2D eigenvalue weighted by Crippen LogP contribution is -2.50. The van der Waals surface area contributed by atoms with E-state index >= 15 is 0 Å². The van der Waals surface area contributed by atoms with Crippen molar-refractivity contribution in [3.05, 3.63) is 0 Å².